The van der Waals surface area contributed by atoms with E-state index in [1.807, 2.05) is 0 Å². The molecule has 1 aromatic heterocycles. The van der Waals surface area contributed by atoms with Crippen LogP contribution in [0.15, 0.2) is 0 Å². The molecule has 6 heteroatoms. The molecule has 2 N–H and O–H groups in total. The lowest BCUT2D eigenvalue weighted by Gasteiger charge is -2.22. The number of anilines is 1. The number of hydrogen-bond donors (Lipinski definition) is 2. The molecule has 116 valence electrons. The van der Waals surface area contributed by atoms with Crippen molar-refractivity contribution >= 4 is 22.5 Å². The van der Waals surface area contributed by atoms with E-state index in [2.05, 4.69) is 20.8 Å². The molecule has 5 nitrogen and oxygen atoms in total. The van der Waals surface area contributed by atoms with Crippen LogP contribution in [0.2, 0.25) is 0 Å². The molecular formula is C15H24N4OS. The largest absolute Gasteiger partial charge is 0.335 e. The Morgan fingerprint density at radius 1 is 0.952 bits per heavy atom. The average Bonchev–Trinajstić information content (AvgIpc) is 2.97. The maximum Gasteiger partial charge on any atom is 0.321 e. The van der Waals surface area contributed by atoms with E-state index in [4.69, 9.17) is 0 Å². The van der Waals surface area contributed by atoms with Crippen molar-refractivity contribution < 1.29 is 4.79 Å². The molecule has 0 aromatic carbocycles. The van der Waals surface area contributed by atoms with E-state index >= 15 is 0 Å². The lowest BCUT2D eigenvalue weighted by Crippen LogP contribution is -2.38. The van der Waals surface area contributed by atoms with Crippen LogP contribution >= 0.6 is 11.3 Å². The van der Waals surface area contributed by atoms with E-state index in [-0.39, 0.29) is 6.03 Å². The van der Waals surface area contributed by atoms with Crippen LogP contribution in [0.4, 0.5) is 9.93 Å². The minimum Gasteiger partial charge on any atom is -0.335 e. The summed E-state index contributed by atoms with van der Waals surface area (Å²) in [6, 6.07) is 0.192. The van der Waals surface area contributed by atoms with Crippen LogP contribution < -0.4 is 10.6 Å². The summed E-state index contributed by atoms with van der Waals surface area (Å²) in [5.74, 6) is 0.549. The van der Waals surface area contributed by atoms with Gasteiger partial charge in [0.2, 0.25) is 5.13 Å². The summed E-state index contributed by atoms with van der Waals surface area (Å²) in [5, 5.41) is 16.0. The zero-order chi connectivity index (χ0) is 14.5. The Morgan fingerprint density at radius 2 is 1.62 bits per heavy atom. The van der Waals surface area contributed by atoms with Gasteiger partial charge in [0.1, 0.15) is 5.01 Å². The highest BCUT2D eigenvalue weighted by Crippen LogP contribution is 2.35. The molecule has 2 amide bonds. The smallest absolute Gasteiger partial charge is 0.321 e. The fourth-order valence-corrected chi connectivity index (χ4v) is 4.27. The molecule has 0 saturated heterocycles. The van der Waals surface area contributed by atoms with Gasteiger partial charge in [-0.1, -0.05) is 49.9 Å². The Hall–Kier alpha value is -1.17. The lowest BCUT2D eigenvalue weighted by atomic mass is 9.90. The number of carbonyl (C=O) groups is 1. The van der Waals surface area contributed by atoms with E-state index in [9.17, 15) is 4.79 Å². The molecule has 1 heterocycles. The number of urea groups is 1. The fourth-order valence-electron chi connectivity index (χ4n) is 3.37. The Labute approximate surface area is 129 Å². The maximum absolute atomic E-state index is 12.0. The SMILES string of the molecule is O=C(Nc1nnc(C2CCCCC2)s1)NC1CCCCC1. The van der Waals surface area contributed by atoms with Gasteiger partial charge in [0.25, 0.3) is 0 Å². The van der Waals surface area contributed by atoms with Crippen molar-refractivity contribution in [3.63, 3.8) is 0 Å². The number of carbonyl (C=O) groups excluding carboxylic acids is 1. The standard InChI is InChI=1S/C15H24N4OS/c20-14(16-12-9-5-2-6-10-12)17-15-19-18-13(21-15)11-7-3-1-4-8-11/h11-12H,1-10H2,(H2,16,17,19,20). The van der Waals surface area contributed by atoms with Crippen molar-refractivity contribution in [3.05, 3.63) is 5.01 Å². The molecule has 2 saturated carbocycles. The van der Waals surface area contributed by atoms with E-state index in [1.54, 1.807) is 0 Å². The number of rotatable bonds is 3. The van der Waals surface area contributed by atoms with Gasteiger partial charge in [-0.2, -0.15) is 0 Å². The number of amides is 2. The van der Waals surface area contributed by atoms with E-state index < -0.39 is 0 Å². The lowest BCUT2D eigenvalue weighted by molar-refractivity contribution is 0.244. The minimum absolute atomic E-state index is 0.131. The summed E-state index contributed by atoms with van der Waals surface area (Å²) in [6.45, 7) is 0. The first-order valence-electron chi connectivity index (χ1n) is 8.22. The molecule has 0 bridgehead atoms. The molecular weight excluding hydrogens is 284 g/mol. The van der Waals surface area contributed by atoms with Gasteiger partial charge < -0.3 is 5.32 Å². The van der Waals surface area contributed by atoms with Crippen molar-refractivity contribution in [1.29, 1.82) is 0 Å². The maximum atomic E-state index is 12.0. The predicted octanol–water partition coefficient (Wildman–Crippen LogP) is 4.04. The second-order valence-corrected chi connectivity index (χ2v) is 7.22. The summed E-state index contributed by atoms with van der Waals surface area (Å²) in [6.07, 6.45) is 12.3. The van der Waals surface area contributed by atoms with Crippen LogP contribution in [0.5, 0.6) is 0 Å². The first-order chi connectivity index (χ1) is 10.3. The van der Waals surface area contributed by atoms with Crippen molar-refractivity contribution in [2.75, 3.05) is 5.32 Å². The van der Waals surface area contributed by atoms with Gasteiger partial charge in [0, 0.05) is 12.0 Å². The van der Waals surface area contributed by atoms with E-state index in [1.165, 1.54) is 62.7 Å². The minimum atomic E-state index is -0.131. The first kappa shape index (κ1) is 14.8. The molecule has 1 aromatic rings. The summed E-state index contributed by atoms with van der Waals surface area (Å²) in [7, 11) is 0. The van der Waals surface area contributed by atoms with E-state index in [0.29, 0.717) is 17.1 Å². The van der Waals surface area contributed by atoms with Crippen molar-refractivity contribution in [1.82, 2.24) is 15.5 Å². The molecule has 0 aliphatic heterocycles. The second-order valence-electron chi connectivity index (χ2n) is 6.21. The highest BCUT2D eigenvalue weighted by Gasteiger charge is 2.21. The molecule has 0 atom stereocenters. The number of hydrogen-bond acceptors (Lipinski definition) is 4. The van der Waals surface area contributed by atoms with Crippen molar-refractivity contribution in [3.8, 4) is 0 Å². The molecule has 2 aliphatic rings. The van der Waals surface area contributed by atoms with Gasteiger partial charge in [-0.05, 0) is 25.7 Å². The Balaban J connectivity index is 1.50. The summed E-state index contributed by atoms with van der Waals surface area (Å²) >= 11 is 1.54. The third-order valence-corrected chi connectivity index (χ3v) is 5.56. The normalized spacial score (nSPS) is 21.1. The van der Waals surface area contributed by atoms with E-state index in [0.717, 1.165) is 17.8 Å². The van der Waals surface area contributed by atoms with Crippen LogP contribution in [0, 0.1) is 0 Å². The zero-order valence-corrected chi connectivity index (χ0v) is 13.3. The topological polar surface area (TPSA) is 66.9 Å². The Morgan fingerprint density at radius 3 is 2.33 bits per heavy atom. The van der Waals surface area contributed by atoms with Crippen molar-refractivity contribution in [2.45, 2.75) is 76.2 Å². The molecule has 0 radical (unpaired) electrons. The first-order valence-corrected chi connectivity index (χ1v) is 9.04. The quantitative estimate of drug-likeness (QED) is 0.885. The van der Waals surface area contributed by atoms with Gasteiger partial charge in [-0.15, -0.1) is 10.2 Å². The molecule has 21 heavy (non-hydrogen) atoms. The van der Waals surface area contributed by atoms with Gasteiger partial charge in [0.15, 0.2) is 0 Å². The number of nitrogens with zero attached hydrogens (tertiary/aromatic N) is 2. The second kappa shape index (κ2) is 7.20. The predicted molar refractivity (Wildman–Crippen MR) is 84.8 cm³/mol. The highest BCUT2D eigenvalue weighted by molar-refractivity contribution is 7.15. The summed E-state index contributed by atoms with van der Waals surface area (Å²) < 4.78 is 0. The van der Waals surface area contributed by atoms with Gasteiger partial charge in [0.05, 0.1) is 0 Å². The summed E-state index contributed by atoms with van der Waals surface area (Å²) in [4.78, 5) is 12.0. The zero-order valence-electron chi connectivity index (χ0n) is 12.4. The molecule has 3 rings (SSSR count). The molecule has 2 aliphatic carbocycles. The van der Waals surface area contributed by atoms with Crippen molar-refractivity contribution in [2.24, 2.45) is 0 Å². The third-order valence-electron chi connectivity index (χ3n) is 4.56. The number of aromatic nitrogens is 2. The monoisotopic (exact) mass is 308 g/mol. The average molecular weight is 308 g/mol. The van der Waals surface area contributed by atoms with Crippen LogP contribution in [-0.4, -0.2) is 22.3 Å². The van der Waals surface area contributed by atoms with Gasteiger partial charge >= 0.3 is 6.03 Å². The van der Waals surface area contributed by atoms with Crippen LogP contribution in [0.3, 0.4) is 0 Å². The summed E-state index contributed by atoms with van der Waals surface area (Å²) in [5.41, 5.74) is 0. The van der Waals surface area contributed by atoms with Crippen LogP contribution in [-0.2, 0) is 0 Å². The third kappa shape index (κ3) is 4.15. The number of nitrogens with one attached hydrogen (secondary N) is 2. The Kier molecular flexibility index (Phi) is 5.06. The van der Waals surface area contributed by atoms with Crippen LogP contribution in [0.25, 0.3) is 0 Å². The Bertz CT molecular complexity index is 464. The molecule has 2 fully saturated rings. The molecule has 0 spiro atoms. The van der Waals surface area contributed by atoms with Crippen LogP contribution in [0.1, 0.15) is 75.1 Å². The van der Waals surface area contributed by atoms with Gasteiger partial charge in [-0.25, -0.2) is 4.79 Å². The van der Waals surface area contributed by atoms with Gasteiger partial charge in [-0.3, -0.25) is 5.32 Å². The molecule has 0 unspecified atom stereocenters. The fraction of sp³-hybridized carbons (Fsp3) is 0.800. The highest BCUT2D eigenvalue weighted by atomic mass is 32.1.